The first-order chi connectivity index (χ1) is 40.1. The van der Waals surface area contributed by atoms with E-state index in [1.54, 1.807) is 74.3 Å². The molecule has 6 aliphatic rings. The first-order valence-electron chi connectivity index (χ1n) is 28.4. The number of hydrogen-bond acceptors (Lipinski definition) is 10. The quantitative estimate of drug-likeness (QED) is 0.0879. The maximum atomic E-state index is 15.8. The van der Waals surface area contributed by atoms with E-state index in [9.17, 15) is 24.0 Å². The number of ether oxygens (including phenoxy) is 3. The molecule has 4 fully saturated rings. The number of likely N-dealkylation sites (tertiary alicyclic amines) is 2. The second kappa shape index (κ2) is 21.7. The third kappa shape index (κ3) is 11.0. The van der Waals surface area contributed by atoms with E-state index in [2.05, 4.69) is 57.4 Å². The Balaban J connectivity index is 0.000000179. The van der Waals surface area contributed by atoms with Crippen LogP contribution in [0, 0.1) is 22.7 Å². The summed E-state index contributed by atoms with van der Waals surface area (Å²) in [4.78, 5) is 81.8. The summed E-state index contributed by atoms with van der Waals surface area (Å²) in [6.07, 6.45) is 6.25. The zero-order valence-electron chi connectivity index (χ0n) is 48.5. The van der Waals surface area contributed by atoms with Crippen molar-refractivity contribution in [2.24, 2.45) is 22.7 Å². The predicted octanol–water partition coefficient (Wildman–Crippen LogP) is 14.0. The number of amides is 4. The molecule has 6 aromatic rings. The summed E-state index contributed by atoms with van der Waals surface area (Å²) < 4.78 is 80.3. The molecule has 448 valence electrons. The number of benzene rings is 4. The van der Waals surface area contributed by atoms with Crippen LogP contribution in [-0.2, 0) is 35.6 Å². The van der Waals surface area contributed by atoms with Crippen LogP contribution in [0.25, 0.3) is 44.8 Å². The molecule has 4 atom stereocenters. The van der Waals surface area contributed by atoms with Gasteiger partial charge in [-0.2, -0.15) is 17.6 Å². The van der Waals surface area contributed by atoms with Gasteiger partial charge in [-0.25, -0.2) is 28.9 Å². The minimum atomic E-state index is -3.25. The SMILES string of the molecule is COC(=O)N[C@H](C(=O)N1CC2(CC2)CC1c1ncc(-c2ccc3c(c2)C(F)(F)c2cc(Br)ccc2-3)[nH]1)C(C)C.COC(=O)N[C@H](C(=O)N1CC2(CC2)CC1c1ncc(-c2ccc3c(c2)C(F)(F)c2cc(Br)ccc2-3)n1C(=O)OC(C)(C)C)C(C)C. The lowest BCUT2D eigenvalue weighted by atomic mass is 10.0. The number of alkyl halides is 4. The highest BCUT2D eigenvalue weighted by Gasteiger charge is 2.57. The lowest BCUT2D eigenvalue weighted by molar-refractivity contribution is -0.136. The summed E-state index contributed by atoms with van der Waals surface area (Å²) in [5, 5.41) is 5.34. The van der Waals surface area contributed by atoms with Crippen molar-refractivity contribution in [3.8, 4) is 44.8 Å². The molecule has 2 spiro atoms. The molecule has 2 saturated carbocycles. The van der Waals surface area contributed by atoms with E-state index in [-0.39, 0.29) is 74.3 Å². The Morgan fingerprint density at radius 2 is 1.06 bits per heavy atom. The second-order valence-electron chi connectivity index (χ2n) is 25.1. The monoisotopic (exact) mass is 1300 g/mol. The maximum Gasteiger partial charge on any atom is 0.420 e. The number of methoxy groups -OCH3 is 2. The Kier molecular flexibility index (Phi) is 15.2. The minimum absolute atomic E-state index is 0.00978. The third-order valence-corrected chi connectivity index (χ3v) is 18.4. The Morgan fingerprint density at radius 1 is 0.624 bits per heavy atom. The van der Waals surface area contributed by atoms with Gasteiger partial charge in [0.25, 0.3) is 11.8 Å². The fraction of sp³-hybridized carbons (Fsp3) is 0.444. The van der Waals surface area contributed by atoms with Gasteiger partial charge in [-0.05, 0) is 141 Å². The van der Waals surface area contributed by atoms with Gasteiger partial charge < -0.3 is 39.6 Å². The number of aromatic nitrogens is 4. The van der Waals surface area contributed by atoms with Gasteiger partial charge in [0.1, 0.15) is 29.3 Å². The molecule has 0 bridgehead atoms. The van der Waals surface area contributed by atoms with Crippen LogP contribution in [0.4, 0.5) is 31.9 Å². The maximum absolute atomic E-state index is 15.8. The van der Waals surface area contributed by atoms with E-state index in [0.717, 1.165) is 32.1 Å². The summed E-state index contributed by atoms with van der Waals surface area (Å²) in [6, 6.07) is 17.1. The number of nitrogens with zero attached hydrogens (tertiary/aromatic N) is 5. The van der Waals surface area contributed by atoms with Gasteiger partial charge in [0.05, 0.1) is 50.1 Å². The van der Waals surface area contributed by atoms with Gasteiger partial charge in [-0.1, -0.05) is 96.0 Å². The van der Waals surface area contributed by atoms with Crippen LogP contribution in [0.2, 0.25) is 0 Å². The number of hydrogen-bond donors (Lipinski definition) is 3. The minimum Gasteiger partial charge on any atom is -0.453 e. The number of H-pyrrole nitrogens is 1. The van der Waals surface area contributed by atoms with Crippen molar-refractivity contribution in [1.82, 2.24) is 40.0 Å². The van der Waals surface area contributed by atoms with Crippen LogP contribution in [-0.4, -0.2) is 104 Å². The molecule has 4 aromatic carbocycles. The molecule has 85 heavy (non-hydrogen) atoms. The molecule has 0 radical (unpaired) electrons. The Morgan fingerprint density at radius 3 is 1.52 bits per heavy atom. The van der Waals surface area contributed by atoms with Gasteiger partial charge >= 0.3 is 18.3 Å². The normalized spacial score (nSPS) is 20.0. The molecular formula is C63H66Br2F4N8O8. The number of halogens is 6. The Labute approximate surface area is 506 Å². The van der Waals surface area contributed by atoms with Crippen molar-refractivity contribution in [3.63, 3.8) is 0 Å². The fourth-order valence-corrected chi connectivity index (χ4v) is 13.3. The van der Waals surface area contributed by atoms with Crippen molar-refractivity contribution < 1.29 is 55.7 Å². The van der Waals surface area contributed by atoms with Gasteiger partial charge in [-0.3, -0.25) is 9.59 Å². The molecule has 4 aliphatic carbocycles. The predicted molar refractivity (Wildman–Crippen MR) is 315 cm³/mol. The van der Waals surface area contributed by atoms with Crippen molar-refractivity contribution in [3.05, 3.63) is 128 Å². The van der Waals surface area contributed by atoms with Gasteiger partial charge in [0.15, 0.2) is 0 Å². The first kappa shape index (κ1) is 59.7. The molecule has 3 N–H and O–H groups in total. The van der Waals surface area contributed by atoms with Crippen LogP contribution >= 0.6 is 31.9 Å². The van der Waals surface area contributed by atoms with E-state index < -0.39 is 53.9 Å². The van der Waals surface area contributed by atoms with E-state index in [1.807, 2.05) is 38.7 Å². The second-order valence-corrected chi connectivity index (χ2v) is 27.0. The lowest BCUT2D eigenvalue weighted by Crippen LogP contribution is -2.51. The standard InChI is InChI=1S/C34H37BrF2N4O5.C29H29BrF2N4O3/c1-18(2)27(39-30(43)45-6)29(42)40-17-33(11-12-33)15-25(40)28-38-16-26(41(28)31(44)46-32(3,4)5)19-7-9-21-22-10-8-20(35)14-24(22)34(36,37)23(21)13-19;1-15(2)24(35-27(38)39-3)26(37)36-14-28(8-9-28)12-23(36)25-33-13-22(34-25)16-4-6-18-19-7-5-17(30)11-21(19)29(31,32)20(18)10-16/h7-10,13-14,16,18,25,27H,11-12,15,17H2,1-6H3,(H,39,43);4-7,10-11,13,15,23-24H,8-9,12,14H2,1-3H3,(H,33,34)(H,35,38)/t25?,27-;23?,24-/m00/s1. The highest BCUT2D eigenvalue weighted by atomic mass is 79.9. The first-order valence-corrected chi connectivity index (χ1v) is 30.0. The van der Waals surface area contributed by atoms with E-state index in [4.69, 9.17) is 14.2 Å². The third-order valence-electron chi connectivity index (χ3n) is 17.4. The molecule has 12 rings (SSSR count). The number of aromatic amines is 1. The van der Waals surface area contributed by atoms with Crippen LogP contribution in [0.15, 0.2) is 94.1 Å². The zero-order valence-corrected chi connectivity index (χ0v) is 51.6. The lowest BCUT2D eigenvalue weighted by Gasteiger charge is -2.31. The fourth-order valence-electron chi connectivity index (χ4n) is 12.6. The number of alkyl carbamates (subject to hydrolysis) is 2. The Bertz CT molecular complexity index is 3700. The number of rotatable bonds is 10. The summed E-state index contributed by atoms with van der Waals surface area (Å²) in [7, 11) is 2.51. The van der Waals surface area contributed by atoms with Crippen LogP contribution in [0.5, 0.6) is 0 Å². The molecule has 22 heteroatoms. The molecule has 2 saturated heterocycles. The van der Waals surface area contributed by atoms with Crippen LogP contribution < -0.4 is 10.6 Å². The zero-order chi connectivity index (χ0) is 61.0. The van der Waals surface area contributed by atoms with Crippen molar-refractivity contribution in [1.29, 1.82) is 0 Å². The summed E-state index contributed by atoms with van der Waals surface area (Å²) in [6.45, 7) is 13.7. The number of fused-ring (bicyclic) bond motifs is 6. The molecule has 2 aromatic heterocycles. The number of nitrogens with one attached hydrogen (secondary N) is 3. The topological polar surface area (TPSA) is 190 Å². The number of carbonyl (C=O) groups excluding carboxylic acids is 5. The van der Waals surface area contributed by atoms with Gasteiger partial charge in [0, 0.05) is 55.4 Å². The summed E-state index contributed by atoms with van der Waals surface area (Å²) in [5.74, 6) is -6.35. The van der Waals surface area contributed by atoms with Crippen LogP contribution in [0.3, 0.4) is 0 Å². The van der Waals surface area contributed by atoms with Gasteiger partial charge in [-0.15, -0.1) is 0 Å². The van der Waals surface area contributed by atoms with Crippen LogP contribution in [0.1, 0.15) is 133 Å². The average molecular weight is 1300 g/mol. The van der Waals surface area contributed by atoms with Crippen molar-refractivity contribution in [2.45, 2.75) is 129 Å². The molecule has 2 aliphatic heterocycles. The van der Waals surface area contributed by atoms with E-state index in [1.165, 1.54) is 49.2 Å². The van der Waals surface area contributed by atoms with Crippen molar-refractivity contribution in [2.75, 3.05) is 27.3 Å². The highest BCUT2D eigenvalue weighted by Crippen LogP contribution is 2.61. The molecule has 4 amide bonds. The molecule has 2 unspecified atom stereocenters. The molecular weight excluding hydrogens is 1230 g/mol. The average Bonchev–Trinajstić information content (AvgIpc) is 1.64. The summed E-state index contributed by atoms with van der Waals surface area (Å²) in [5.41, 5.74) is 2.54. The smallest absolute Gasteiger partial charge is 0.420 e. The number of imidazole rings is 2. The number of carbonyl (C=O) groups is 5. The molecule has 16 nitrogen and oxygen atoms in total. The van der Waals surface area contributed by atoms with E-state index in [0.29, 0.717) is 73.4 Å². The molecule has 4 heterocycles. The van der Waals surface area contributed by atoms with E-state index >= 15 is 17.6 Å². The highest BCUT2D eigenvalue weighted by molar-refractivity contribution is 9.10. The van der Waals surface area contributed by atoms with Crippen molar-refractivity contribution >= 4 is 62.0 Å². The Hall–Kier alpha value is -7.07. The largest absolute Gasteiger partial charge is 0.453 e. The summed E-state index contributed by atoms with van der Waals surface area (Å²) >= 11 is 6.61. The van der Waals surface area contributed by atoms with Gasteiger partial charge in [0.2, 0.25) is 11.8 Å².